The molecule has 29 heteroatoms. The molecule has 1 aromatic heterocycles. The molecule has 1 saturated heterocycles. The van der Waals surface area contributed by atoms with E-state index in [1.807, 2.05) is 0 Å². The van der Waals surface area contributed by atoms with Gasteiger partial charge in [-0.05, 0) is 37.1 Å². The third-order valence-corrected chi connectivity index (χ3v) is 14.1. The highest BCUT2D eigenvalue weighted by Crippen LogP contribution is 2.67. The number of nitrogens with two attached hydrogens (primary N) is 1. The van der Waals surface area contributed by atoms with E-state index in [0.717, 1.165) is 4.57 Å². The Balaban J connectivity index is 1.09. The van der Waals surface area contributed by atoms with E-state index >= 15 is 0 Å². The fourth-order valence-corrected chi connectivity index (χ4v) is 10.7. The number of phenolic OH excluding ortho intramolecular Hbond substituents is 2. The molecule has 64 heavy (non-hydrogen) atoms. The monoisotopic (exact) mass is 990 g/mol. The zero-order valence-corrected chi connectivity index (χ0v) is 36.6. The first-order valence-electron chi connectivity index (χ1n) is 17.8. The Labute approximate surface area is 368 Å². The molecule has 3 unspecified atom stereocenters. The number of nitrogen functional groups attached to an aromatic ring is 1. The van der Waals surface area contributed by atoms with Gasteiger partial charge in [0.1, 0.15) is 17.8 Å². The molecular formula is C35H31Cl2N4O20P3. The van der Waals surface area contributed by atoms with E-state index in [0.29, 0.717) is 0 Å². The van der Waals surface area contributed by atoms with Crippen molar-refractivity contribution in [1.29, 1.82) is 0 Å². The number of hydrogen-bond donors (Lipinski definition) is 8. The number of anilines is 1. The number of nitrogens with one attached hydrogen (secondary N) is 1. The predicted octanol–water partition coefficient (Wildman–Crippen LogP) is 3.93. The number of halogens is 2. The highest BCUT2D eigenvalue weighted by molar-refractivity contribution is 7.66. The zero-order valence-electron chi connectivity index (χ0n) is 32.4. The summed E-state index contributed by atoms with van der Waals surface area (Å²) in [7, 11) is -14.2. The maximum Gasteiger partial charge on any atom is 0.490 e. The lowest BCUT2D eigenvalue weighted by molar-refractivity contribution is -0.0242. The number of rotatable bonds is 12. The number of aromatic nitrogens is 2. The lowest BCUT2D eigenvalue weighted by atomic mass is 9.77. The number of carbonyl (C=O) groups excluding carboxylic acids is 2. The van der Waals surface area contributed by atoms with Gasteiger partial charge in [0.25, 0.3) is 5.91 Å². The molecule has 1 amide bonds. The van der Waals surface area contributed by atoms with Gasteiger partial charge in [-0.2, -0.15) is 13.6 Å². The summed E-state index contributed by atoms with van der Waals surface area (Å²) in [5.41, 5.74) is 2.88. The average molecular weight is 991 g/mol. The summed E-state index contributed by atoms with van der Waals surface area (Å²) in [6, 6.07) is 6.48. The molecular weight excluding hydrogens is 960 g/mol. The zero-order chi connectivity index (χ0) is 46.7. The Bertz CT molecular complexity index is 2910. The summed E-state index contributed by atoms with van der Waals surface area (Å²) in [5, 5.41) is 23.2. The number of hydrogen-bond acceptors (Lipinski definition) is 18. The number of fused-ring (bicyclic) bond motifs is 6. The number of amides is 1. The van der Waals surface area contributed by atoms with Crippen molar-refractivity contribution < 1.29 is 89.9 Å². The fraction of sp³-hybridized carbons (Fsp3) is 0.257. The molecule has 5 atom stereocenters. The first kappa shape index (κ1) is 46.8. The number of esters is 1. The van der Waals surface area contributed by atoms with E-state index < -0.39 is 65.6 Å². The highest BCUT2D eigenvalue weighted by atomic mass is 35.5. The van der Waals surface area contributed by atoms with E-state index in [1.165, 1.54) is 50.7 Å². The van der Waals surface area contributed by atoms with Crippen molar-refractivity contribution in [3.63, 3.8) is 0 Å². The van der Waals surface area contributed by atoms with Gasteiger partial charge in [0.05, 0.1) is 71.3 Å². The quantitative estimate of drug-likeness (QED) is 0.0566. The molecule has 0 aliphatic carbocycles. The predicted molar refractivity (Wildman–Crippen MR) is 216 cm³/mol. The van der Waals surface area contributed by atoms with Gasteiger partial charge < -0.3 is 64.5 Å². The van der Waals surface area contributed by atoms with Gasteiger partial charge in [-0.25, -0.2) is 23.3 Å². The number of aromatic hydroxyl groups is 2. The van der Waals surface area contributed by atoms with Crippen molar-refractivity contribution in [2.24, 2.45) is 0 Å². The standard InChI is InChI=1S/C35H31Cl2N4O20P3/c1-54-24-11-19-23(12-22(24)43)58-29-18(6-7-21(42)30(29)55-2)35(19)27-20(36)10-17(28(37)26(27)33(45)59-35)32(44)39-9-3-4-15-13-41(34(46)40-31(15)38)25-8-5-16(57-25)14-56-63(50,51)61-64(52,53)60-62(47,48)49/h6-7,10-13,16,25,42-43H,5,8-9,14H2,1-2H3,(H,39,44)(H,50,51)(H,52,53)(H2,38,40,46)(H2,47,48,49)/t16-,25+,35?/m0/s1. The molecule has 3 aliphatic heterocycles. The molecule has 3 aliphatic rings. The van der Waals surface area contributed by atoms with Crippen LogP contribution in [-0.2, 0) is 41.9 Å². The van der Waals surface area contributed by atoms with Gasteiger partial charge in [0, 0.05) is 17.8 Å². The summed E-state index contributed by atoms with van der Waals surface area (Å²) in [4.78, 5) is 80.3. The minimum atomic E-state index is -5.74. The van der Waals surface area contributed by atoms with E-state index in [1.54, 1.807) is 0 Å². The van der Waals surface area contributed by atoms with Crippen LogP contribution in [0.25, 0.3) is 0 Å². The lowest BCUT2D eigenvalue weighted by Crippen LogP contribution is -2.33. The molecule has 0 saturated carbocycles. The number of benzene rings is 3. The second-order valence-electron chi connectivity index (χ2n) is 13.5. The Morgan fingerprint density at radius 3 is 2.44 bits per heavy atom. The maximum absolute atomic E-state index is 13.9. The minimum Gasteiger partial charge on any atom is -0.504 e. The van der Waals surface area contributed by atoms with Crippen LogP contribution in [0.2, 0.25) is 10.0 Å². The molecule has 1 spiro atoms. The number of ether oxygens (including phenoxy) is 5. The molecule has 24 nitrogen and oxygen atoms in total. The number of phosphoric acid groups is 3. The van der Waals surface area contributed by atoms with Gasteiger partial charge in [-0.15, -0.1) is 0 Å². The third kappa shape index (κ3) is 8.92. The summed E-state index contributed by atoms with van der Waals surface area (Å²) < 4.78 is 76.1. The molecule has 0 radical (unpaired) electrons. The Morgan fingerprint density at radius 2 is 1.75 bits per heavy atom. The van der Waals surface area contributed by atoms with Crippen LogP contribution in [0.15, 0.2) is 41.3 Å². The lowest BCUT2D eigenvalue weighted by Gasteiger charge is -2.37. The molecule has 1 fully saturated rings. The second kappa shape index (κ2) is 17.3. The molecule has 4 aromatic rings. The van der Waals surface area contributed by atoms with Crippen LogP contribution in [0, 0.1) is 11.8 Å². The summed E-state index contributed by atoms with van der Waals surface area (Å²) in [5.74, 6) is 2.28. The van der Waals surface area contributed by atoms with Crippen LogP contribution >= 0.6 is 46.7 Å². The summed E-state index contributed by atoms with van der Waals surface area (Å²) in [6.45, 7) is -1.10. The molecule has 4 heterocycles. The van der Waals surface area contributed by atoms with Crippen molar-refractivity contribution in [2.45, 2.75) is 30.8 Å². The fourth-order valence-electron chi connectivity index (χ4n) is 7.04. The van der Waals surface area contributed by atoms with Crippen molar-refractivity contribution >= 4 is 64.4 Å². The number of nitrogens with zero attached hydrogens (tertiary/aromatic N) is 2. The summed E-state index contributed by atoms with van der Waals surface area (Å²) >= 11 is 13.7. The number of phosphoric ester groups is 1. The topological polar surface area (TPSA) is 354 Å². The van der Waals surface area contributed by atoms with Crippen molar-refractivity contribution in [2.75, 3.05) is 33.1 Å². The van der Waals surface area contributed by atoms with Crippen molar-refractivity contribution in [1.82, 2.24) is 14.9 Å². The Hall–Kier alpha value is -5.21. The average Bonchev–Trinajstić information content (AvgIpc) is 3.79. The van der Waals surface area contributed by atoms with E-state index in [2.05, 4.69) is 35.3 Å². The van der Waals surface area contributed by atoms with Gasteiger partial charge in [-0.1, -0.05) is 35.0 Å². The molecule has 340 valence electrons. The molecule has 3 aromatic carbocycles. The Morgan fingerprint density at radius 1 is 1.02 bits per heavy atom. The largest absolute Gasteiger partial charge is 0.504 e. The first-order chi connectivity index (χ1) is 30.0. The first-order valence-corrected chi connectivity index (χ1v) is 23.1. The molecule has 9 N–H and O–H groups in total. The van der Waals surface area contributed by atoms with Crippen LogP contribution in [-0.4, -0.2) is 84.7 Å². The van der Waals surface area contributed by atoms with E-state index in [9.17, 15) is 48.1 Å². The maximum atomic E-state index is 13.9. The van der Waals surface area contributed by atoms with Gasteiger partial charge >= 0.3 is 35.1 Å². The van der Waals surface area contributed by atoms with Gasteiger partial charge in [-0.3, -0.25) is 13.9 Å². The molecule has 7 rings (SSSR count). The van der Waals surface area contributed by atoms with Crippen LogP contribution < -0.4 is 31.0 Å². The highest BCUT2D eigenvalue weighted by Gasteiger charge is 2.57. The van der Waals surface area contributed by atoms with E-state index in [-0.39, 0.29) is 103 Å². The van der Waals surface area contributed by atoms with Crippen molar-refractivity contribution in [3.05, 3.63) is 90.4 Å². The number of phenols is 2. The summed E-state index contributed by atoms with van der Waals surface area (Å²) in [6.07, 6.45) is -0.630. The van der Waals surface area contributed by atoms with Gasteiger partial charge in [0.15, 0.2) is 28.6 Å². The second-order valence-corrected chi connectivity index (χ2v) is 18.8. The Kier molecular flexibility index (Phi) is 12.6. The smallest absolute Gasteiger partial charge is 0.490 e. The van der Waals surface area contributed by atoms with Crippen LogP contribution in [0.1, 0.15) is 62.0 Å². The van der Waals surface area contributed by atoms with Gasteiger partial charge in [0.2, 0.25) is 5.75 Å². The van der Waals surface area contributed by atoms with E-state index in [4.69, 9.17) is 62.4 Å². The van der Waals surface area contributed by atoms with Crippen LogP contribution in [0.3, 0.4) is 0 Å². The molecule has 0 bridgehead atoms. The van der Waals surface area contributed by atoms with Crippen LogP contribution in [0.5, 0.6) is 34.5 Å². The minimum absolute atomic E-state index is 0.00162. The third-order valence-electron chi connectivity index (χ3n) is 9.59. The number of carbonyl (C=O) groups is 2. The van der Waals surface area contributed by atoms with Crippen molar-refractivity contribution in [3.8, 4) is 46.3 Å². The number of methoxy groups -OCH3 is 2. The normalized spacial score (nSPS) is 20.3. The van der Waals surface area contributed by atoms with Crippen LogP contribution in [0.4, 0.5) is 5.82 Å². The SMILES string of the molecule is COc1cc2c(cc1O)Oc1c(ccc(O)c1OC)C21OC(=O)c2c(Cl)c(C(=O)NCC#Cc3cn([C@H]4CC[C@@H](COP(=O)(O)OP(=O)(O)OP(=O)(O)O)O4)c(=O)nc3N)cc(Cl)c21.